The van der Waals surface area contributed by atoms with Gasteiger partial charge in [-0.25, -0.2) is 8.42 Å². The monoisotopic (exact) mass is 269 g/mol. The largest absolute Gasteiger partial charge is 0.495 e. The number of amides is 1. The lowest BCUT2D eigenvalue weighted by molar-refractivity contribution is -0.119. The van der Waals surface area contributed by atoms with Crippen molar-refractivity contribution in [2.75, 3.05) is 23.9 Å². The number of methoxy groups -OCH3 is 1. The molecule has 1 aliphatic heterocycles. The van der Waals surface area contributed by atoms with Gasteiger partial charge in [0.15, 0.2) is 9.84 Å². The standard InChI is InChI=1S/C12H15NO4S/c1-17-11-5-3-2-4-10(11)13-12(14)9-6-7-18(15,16)8-9/h2-5,9H,6-8H2,1H3,(H,13,14)/t9-/m0/s1. The molecular weight excluding hydrogens is 254 g/mol. The van der Waals surface area contributed by atoms with Gasteiger partial charge in [-0.15, -0.1) is 0 Å². The number of para-hydroxylation sites is 2. The second-order valence-electron chi connectivity index (χ2n) is 4.29. The number of anilines is 1. The minimum Gasteiger partial charge on any atom is -0.495 e. The number of benzene rings is 1. The molecule has 1 saturated heterocycles. The van der Waals surface area contributed by atoms with Gasteiger partial charge in [0.1, 0.15) is 5.75 Å². The molecule has 1 amide bonds. The van der Waals surface area contributed by atoms with Crippen LogP contribution in [-0.2, 0) is 14.6 Å². The molecule has 1 aliphatic rings. The third kappa shape index (κ3) is 2.81. The first-order chi connectivity index (χ1) is 8.52. The Balaban J connectivity index is 2.08. The molecule has 1 fully saturated rings. The highest BCUT2D eigenvalue weighted by Crippen LogP contribution is 2.25. The van der Waals surface area contributed by atoms with Crippen LogP contribution in [0.3, 0.4) is 0 Å². The van der Waals surface area contributed by atoms with Gasteiger partial charge in [0.25, 0.3) is 0 Å². The van der Waals surface area contributed by atoms with Crippen LogP contribution in [0.1, 0.15) is 6.42 Å². The summed E-state index contributed by atoms with van der Waals surface area (Å²) in [6, 6.07) is 7.04. The average molecular weight is 269 g/mol. The normalized spacial score (nSPS) is 21.5. The summed E-state index contributed by atoms with van der Waals surface area (Å²) in [5.41, 5.74) is 0.564. The molecule has 6 heteroatoms. The van der Waals surface area contributed by atoms with Crippen LogP contribution < -0.4 is 10.1 Å². The predicted octanol–water partition coefficient (Wildman–Crippen LogP) is 1.07. The fraction of sp³-hybridized carbons (Fsp3) is 0.417. The quantitative estimate of drug-likeness (QED) is 0.891. The molecule has 0 saturated carbocycles. The molecule has 18 heavy (non-hydrogen) atoms. The summed E-state index contributed by atoms with van der Waals surface area (Å²) in [4.78, 5) is 11.9. The first-order valence-electron chi connectivity index (χ1n) is 5.66. The van der Waals surface area contributed by atoms with E-state index in [2.05, 4.69) is 5.32 Å². The highest BCUT2D eigenvalue weighted by molar-refractivity contribution is 7.91. The second-order valence-corrected chi connectivity index (χ2v) is 6.52. The fourth-order valence-corrected chi connectivity index (χ4v) is 3.73. The van der Waals surface area contributed by atoms with Crippen LogP contribution in [0.25, 0.3) is 0 Å². The summed E-state index contributed by atoms with van der Waals surface area (Å²) in [6.45, 7) is 0. The molecule has 0 aliphatic carbocycles. The van der Waals surface area contributed by atoms with Crippen molar-refractivity contribution in [2.24, 2.45) is 5.92 Å². The molecule has 2 rings (SSSR count). The number of carbonyl (C=O) groups excluding carboxylic acids is 1. The van der Waals surface area contributed by atoms with Crippen LogP contribution in [0.4, 0.5) is 5.69 Å². The number of hydrogen-bond acceptors (Lipinski definition) is 4. The van der Waals surface area contributed by atoms with Gasteiger partial charge in [0, 0.05) is 0 Å². The first-order valence-corrected chi connectivity index (χ1v) is 7.48. The Labute approximate surface area is 106 Å². The fourth-order valence-electron chi connectivity index (χ4n) is 1.98. The molecule has 1 aromatic carbocycles. The molecule has 0 unspecified atom stereocenters. The van der Waals surface area contributed by atoms with Crippen molar-refractivity contribution in [1.82, 2.24) is 0 Å². The number of rotatable bonds is 3. The number of nitrogens with one attached hydrogen (secondary N) is 1. The lowest BCUT2D eigenvalue weighted by atomic mass is 10.1. The van der Waals surface area contributed by atoms with Gasteiger partial charge < -0.3 is 10.1 Å². The summed E-state index contributed by atoms with van der Waals surface area (Å²) in [5, 5.41) is 2.71. The maximum absolute atomic E-state index is 11.9. The number of carbonyl (C=O) groups is 1. The van der Waals surface area contributed by atoms with Gasteiger partial charge in [-0.2, -0.15) is 0 Å². The van der Waals surface area contributed by atoms with Gasteiger partial charge in [-0.3, -0.25) is 4.79 Å². The van der Waals surface area contributed by atoms with E-state index in [1.165, 1.54) is 7.11 Å². The summed E-state index contributed by atoms with van der Waals surface area (Å²) in [5.74, 6) is -0.127. The van der Waals surface area contributed by atoms with E-state index in [-0.39, 0.29) is 17.4 Å². The van der Waals surface area contributed by atoms with Crippen molar-refractivity contribution < 1.29 is 17.9 Å². The molecule has 0 spiro atoms. The van der Waals surface area contributed by atoms with Crippen LogP contribution in [0.15, 0.2) is 24.3 Å². The maximum atomic E-state index is 11.9. The Kier molecular flexibility index (Phi) is 3.56. The Morgan fingerprint density at radius 2 is 2.11 bits per heavy atom. The van der Waals surface area contributed by atoms with E-state index in [0.29, 0.717) is 17.9 Å². The number of ether oxygens (including phenoxy) is 1. The lowest BCUT2D eigenvalue weighted by Gasteiger charge is -2.12. The van der Waals surface area contributed by atoms with E-state index in [4.69, 9.17) is 4.74 Å². The molecule has 0 bridgehead atoms. The second kappa shape index (κ2) is 4.97. The minimum atomic E-state index is -3.04. The van der Waals surface area contributed by atoms with Crippen LogP contribution in [0, 0.1) is 5.92 Å². The molecule has 1 atom stereocenters. The third-order valence-electron chi connectivity index (χ3n) is 2.97. The molecule has 98 valence electrons. The third-order valence-corrected chi connectivity index (χ3v) is 4.74. The molecule has 1 heterocycles. The zero-order chi connectivity index (χ0) is 13.2. The maximum Gasteiger partial charge on any atom is 0.228 e. The Hall–Kier alpha value is -1.56. The predicted molar refractivity (Wildman–Crippen MR) is 68.4 cm³/mol. The van der Waals surface area contributed by atoms with E-state index < -0.39 is 15.8 Å². The van der Waals surface area contributed by atoms with Gasteiger partial charge in [-0.05, 0) is 18.6 Å². The number of hydrogen-bond donors (Lipinski definition) is 1. The average Bonchev–Trinajstić information content (AvgIpc) is 2.70. The molecule has 0 radical (unpaired) electrons. The Bertz CT molecular complexity index is 553. The van der Waals surface area contributed by atoms with E-state index in [1.54, 1.807) is 24.3 Å². The molecule has 5 nitrogen and oxygen atoms in total. The van der Waals surface area contributed by atoms with Gasteiger partial charge in [-0.1, -0.05) is 12.1 Å². The van der Waals surface area contributed by atoms with Crippen molar-refractivity contribution in [3.63, 3.8) is 0 Å². The first kappa shape index (κ1) is 12.9. The van der Waals surface area contributed by atoms with Gasteiger partial charge in [0.05, 0.1) is 30.2 Å². The van der Waals surface area contributed by atoms with Crippen molar-refractivity contribution in [3.05, 3.63) is 24.3 Å². The zero-order valence-electron chi connectivity index (χ0n) is 10.0. The highest BCUT2D eigenvalue weighted by Gasteiger charge is 2.33. The smallest absolute Gasteiger partial charge is 0.228 e. The van der Waals surface area contributed by atoms with Gasteiger partial charge >= 0.3 is 0 Å². The van der Waals surface area contributed by atoms with Crippen LogP contribution in [0.5, 0.6) is 5.75 Å². The highest BCUT2D eigenvalue weighted by atomic mass is 32.2. The molecule has 1 N–H and O–H groups in total. The lowest BCUT2D eigenvalue weighted by Crippen LogP contribution is -2.23. The summed E-state index contributed by atoms with van der Waals surface area (Å²) in [6.07, 6.45) is 0.392. The summed E-state index contributed by atoms with van der Waals surface area (Å²) < 4.78 is 27.7. The summed E-state index contributed by atoms with van der Waals surface area (Å²) >= 11 is 0. The van der Waals surface area contributed by atoms with E-state index in [0.717, 1.165) is 0 Å². The van der Waals surface area contributed by atoms with Crippen LogP contribution in [-0.4, -0.2) is 32.9 Å². The van der Waals surface area contributed by atoms with Crippen molar-refractivity contribution in [3.8, 4) is 5.75 Å². The molecule has 0 aromatic heterocycles. The van der Waals surface area contributed by atoms with E-state index in [1.807, 2.05) is 0 Å². The Morgan fingerprint density at radius 3 is 2.72 bits per heavy atom. The van der Waals surface area contributed by atoms with Gasteiger partial charge in [0.2, 0.25) is 5.91 Å². The van der Waals surface area contributed by atoms with Crippen molar-refractivity contribution >= 4 is 21.4 Å². The zero-order valence-corrected chi connectivity index (χ0v) is 10.9. The van der Waals surface area contributed by atoms with Crippen molar-refractivity contribution in [1.29, 1.82) is 0 Å². The SMILES string of the molecule is COc1ccccc1NC(=O)[C@H]1CCS(=O)(=O)C1. The Morgan fingerprint density at radius 1 is 1.39 bits per heavy atom. The summed E-state index contributed by atoms with van der Waals surface area (Å²) in [7, 11) is -1.52. The molecule has 1 aromatic rings. The topological polar surface area (TPSA) is 72.5 Å². The van der Waals surface area contributed by atoms with E-state index >= 15 is 0 Å². The minimum absolute atomic E-state index is 0.0615. The van der Waals surface area contributed by atoms with Crippen molar-refractivity contribution in [2.45, 2.75) is 6.42 Å². The molecular formula is C12H15NO4S. The van der Waals surface area contributed by atoms with E-state index in [9.17, 15) is 13.2 Å². The van der Waals surface area contributed by atoms with Crippen LogP contribution in [0.2, 0.25) is 0 Å². The van der Waals surface area contributed by atoms with Crippen LogP contribution >= 0.6 is 0 Å². The number of sulfone groups is 1.